The van der Waals surface area contributed by atoms with Crippen LogP contribution in [0.2, 0.25) is 0 Å². The summed E-state index contributed by atoms with van der Waals surface area (Å²) in [6.07, 6.45) is 2.97. The number of aromatic nitrogens is 2. The molecule has 3 aromatic carbocycles. The van der Waals surface area contributed by atoms with Crippen molar-refractivity contribution in [2.45, 2.75) is 57.8 Å². The number of amides is 1. The van der Waals surface area contributed by atoms with E-state index >= 15 is 0 Å². The SMILES string of the molecule is C=C(F)C(=O)N1CCN(c2nc(OCC3CCCN3Cc3ccccc3)nc3c2CCN(c2cccc4cccc(C)c24)C3)CC1CC#N. The highest BCUT2D eigenvalue weighted by Crippen LogP contribution is 2.36. The minimum Gasteiger partial charge on any atom is -0.462 e. The van der Waals surface area contributed by atoms with Gasteiger partial charge in [-0.1, -0.05) is 67.2 Å². The number of likely N-dealkylation sites (tertiary alicyclic amines) is 1. The lowest BCUT2D eigenvalue weighted by atomic mass is 9.99. The van der Waals surface area contributed by atoms with E-state index in [0.717, 1.165) is 56.0 Å². The van der Waals surface area contributed by atoms with Gasteiger partial charge in [-0.05, 0) is 55.3 Å². The smallest absolute Gasteiger partial charge is 0.318 e. The minimum atomic E-state index is -1.01. The molecule has 49 heavy (non-hydrogen) atoms. The van der Waals surface area contributed by atoms with E-state index in [9.17, 15) is 14.4 Å². The number of hydrogen-bond acceptors (Lipinski definition) is 8. The summed E-state index contributed by atoms with van der Waals surface area (Å²) in [6, 6.07) is 25.6. The van der Waals surface area contributed by atoms with Gasteiger partial charge in [0.15, 0.2) is 5.83 Å². The molecule has 10 heteroatoms. The van der Waals surface area contributed by atoms with Gasteiger partial charge in [0.25, 0.3) is 5.91 Å². The zero-order valence-electron chi connectivity index (χ0n) is 28.0. The maximum absolute atomic E-state index is 13.9. The number of nitrogens with zero attached hydrogens (tertiary/aromatic N) is 7. The zero-order chi connectivity index (χ0) is 33.9. The number of carbonyl (C=O) groups is 1. The lowest BCUT2D eigenvalue weighted by molar-refractivity contribution is -0.131. The molecule has 4 aromatic rings. The average molecular weight is 660 g/mol. The minimum absolute atomic E-state index is 0.0826. The number of fused-ring (bicyclic) bond motifs is 2. The lowest BCUT2D eigenvalue weighted by Crippen LogP contribution is -2.55. The van der Waals surface area contributed by atoms with Gasteiger partial charge in [-0.3, -0.25) is 9.69 Å². The molecular formula is C39H42FN7O2. The van der Waals surface area contributed by atoms with Crippen molar-refractivity contribution in [3.05, 3.63) is 102 Å². The fraction of sp³-hybridized carbons (Fsp3) is 0.385. The van der Waals surface area contributed by atoms with Crippen LogP contribution in [0.1, 0.15) is 41.6 Å². The second-order valence-corrected chi connectivity index (χ2v) is 13.3. The number of halogens is 1. The first kappa shape index (κ1) is 32.5. The molecular weight excluding hydrogens is 617 g/mol. The number of aryl methyl sites for hydroxylation is 1. The fourth-order valence-electron chi connectivity index (χ4n) is 7.72. The third-order valence-corrected chi connectivity index (χ3v) is 10.2. The Balaban J connectivity index is 1.19. The first-order valence-corrected chi connectivity index (χ1v) is 17.2. The highest BCUT2D eigenvalue weighted by molar-refractivity contribution is 5.97. The van der Waals surface area contributed by atoms with Crippen LogP contribution < -0.4 is 14.5 Å². The number of rotatable bonds is 9. The summed E-state index contributed by atoms with van der Waals surface area (Å²) < 4.78 is 20.4. The van der Waals surface area contributed by atoms with Crippen molar-refractivity contribution in [3.8, 4) is 12.1 Å². The van der Waals surface area contributed by atoms with Gasteiger partial charge >= 0.3 is 6.01 Å². The molecule has 0 radical (unpaired) electrons. The summed E-state index contributed by atoms with van der Waals surface area (Å²) in [7, 11) is 0. The number of benzene rings is 3. The largest absolute Gasteiger partial charge is 0.462 e. The predicted octanol–water partition coefficient (Wildman–Crippen LogP) is 5.96. The average Bonchev–Trinajstić information content (AvgIpc) is 3.56. The van der Waals surface area contributed by atoms with Crippen LogP contribution in [0.15, 0.2) is 79.1 Å². The van der Waals surface area contributed by atoms with Crippen molar-refractivity contribution in [1.82, 2.24) is 19.8 Å². The molecule has 4 heterocycles. The van der Waals surface area contributed by atoms with Gasteiger partial charge in [-0.25, -0.2) is 4.39 Å². The molecule has 3 aliphatic heterocycles. The Labute approximate surface area is 287 Å². The first-order valence-electron chi connectivity index (χ1n) is 17.2. The monoisotopic (exact) mass is 659 g/mol. The zero-order valence-corrected chi connectivity index (χ0v) is 28.0. The van der Waals surface area contributed by atoms with Crippen molar-refractivity contribution < 1.29 is 13.9 Å². The van der Waals surface area contributed by atoms with Crippen molar-refractivity contribution >= 4 is 28.2 Å². The maximum atomic E-state index is 13.9. The molecule has 1 aromatic heterocycles. The van der Waals surface area contributed by atoms with Crippen molar-refractivity contribution in [3.63, 3.8) is 0 Å². The molecule has 7 rings (SSSR count). The summed E-state index contributed by atoms with van der Waals surface area (Å²) in [4.78, 5) is 31.1. The van der Waals surface area contributed by atoms with Crippen molar-refractivity contribution in [2.24, 2.45) is 0 Å². The number of piperazine rings is 1. The molecule has 0 bridgehead atoms. The predicted molar refractivity (Wildman–Crippen MR) is 189 cm³/mol. The van der Waals surface area contributed by atoms with Gasteiger partial charge in [0.2, 0.25) is 0 Å². The van der Waals surface area contributed by atoms with Crippen LogP contribution >= 0.6 is 0 Å². The van der Waals surface area contributed by atoms with E-state index in [2.05, 4.69) is 94.9 Å². The Bertz CT molecular complexity index is 1890. The Morgan fingerprint density at radius 3 is 2.61 bits per heavy atom. The summed E-state index contributed by atoms with van der Waals surface area (Å²) in [5, 5.41) is 12.0. The van der Waals surface area contributed by atoms with E-state index in [1.165, 1.54) is 32.5 Å². The number of hydrogen-bond donors (Lipinski definition) is 0. The van der Waals surface area contributed by atoms with Gasteiger partial charge < -0.3 is 19.4 Å². The highest BCUT2D eigenvalue weighted by atomic mass is 19.1. The van der Waals surface area contributed by atoms with Crippen LogP contribution in [0.3, 0.4) is 0 Å². The number of carbonyl (C=O) groups excluding carboxylic acids is 1. The Kier molecular flexibility index (Phi) is 9.45. The van der Waals surface area contributed by atoms with Crippen molar-refractivity contribution in [1.29, 1.82) is 5.26 Å². The fourth-order valence-corrected chi connectivity index (χ4v) is 7.72. The van der Waals surface area contributed by atoms with Gasteiger partial charge in [0, 0.05) is 55.4 Å². The van der Waals surface area contributed by atoms with E-state index in [0.29, 0.717) is 32.3 Å². The molecule has 9 nitrogen and oxygen atoms in total. The maximum Gasteiger partial charge on any atom is 0.318 e. The third kappa shape index (κ3) is 6.81. The summed E-state index contributed by atoms with van der Waals surface area (Å²) in [6.45, 7) is 10.2. The van der Waals surface area contributed by atoms with E-state index < -0.39 is 17.8 Å². The second-order valence-electron chi connectivity index (χ2n) is 13.3. The van der Waals surface area contributed by atoms with E-state index in [-0.39, 0.29) is 19.0 Å². The van der Waals surface area contributed by atoms with Gasteiger partial charge in [0.05, 0.1) is 30.8 Å². The van der Waals surface area contributed by atoms with Gasteiger partial charge in [-0.2, -0.15) is 15.2 Å². The number of anilines is 2. The molecule has 3 aliphatic rings. The van der Waals surface area contributed by atoms with E-state index in [1.54, 1.807) is 0 Å². The molecule has 2 saturated heterocycles. The standard InChI is InChI=1S/C39H42FN7O2/c1-27-9-6-12-30-13-7-15-35(36(27)30)45-20-17-33-34(25-45)42-39(49-26-32-14-8-19-44(32)23-29-10-4-3-5-11-29)43-37(33)46-21-22-47(38(48)28(2)40)31(24-46)16-18-41/h3-7,9-13,15,31-32H,2,8,14,16-17,19-26H2,1H3. The second kappa shape index (κ2) is 14.2. The molecule has 0 aliphatic carbocycles. The lowest BCUT2D eigenvalue weighted by Gasteiger charge is -2.42. The third-order valence-electron chi connectivity index (χ3n) is 10.2. The Morgan fingerprint density at radius 1 is 1.00 bits per heavy atom. The molecule has 1 amide bonds. The summed E-state index contributed by atoms with van der Waals surface area (Å²) in [5.74, 6) is -0.995. The topological polar surface area (TPSA) is 88.8 Å². The molecule has 2 fully saturated rings. The number of nitriles is 1. The molecule has 252 valence electrons. The van der Waals surface area contributed by atoms with Crippen LogP contribution in [0.4, 0.5) is 15.9 Å². The van der Waals surface area contributed by atoms with Gasteiger partial charge in [0.1, 0.15) is 12.4 Å². The van der Waals surface area contributed by atoms with E-state index in [4.69, 9.17) is 14.7 Å². The molecule has 0 saturated carbocycles. The van der Waals surface area contributed by atoms with Crippen LogP contribution in [0.5, 0.6) is 6.01 Å². The Hall–Kier alpha value is -5.01. The summed E-state index contributed by atoms with van der Waals surface area (Å²) in [5.41, 5.74) is 5.66. The Morgan fingerprint density at radius 2 is 1.82 bits per heavy atom. The molecule has 2 unspecified atom stereocenters. The van der Waals surface area contributed by atoms with Crippen molar-refractivity contribution in [2.75, 3.05) is 49.1 Å². The van der Waals surface area contributed by atoms with Gasteiger partial charge in [-0.15, -0.1) is 0 Å². The summed E-state index contributed by atoms with van der Waals surface area (Å²) >= 11 is 0. The van der Waals surface area contributed by atoms with Crippen LogP contribution in [0.25, 0.3) is 10.8 Å². The first-order chi connectivity index (χ1) is 23.9. The quantitative estimate of drug-likeness (QED) is 0.204. The van der Waals surface area contributed by atoms with Crippen LogP contribution in [0, 0.1) is 18.3 Å². The number of ether oxygens (including phenoxy) is 1. The molecule has 0 spiro atoms. The normalized spacial score (nSPS) is 19.5. The highest BCUT2D eigenvalue weighted by Gasteiger charge is 2.35. The van der Waals surface area contributed by atoms with E-state index in [1.807, 2.05) is 6.07 Å². The van der Waals surface area contributed by atoms with Crippen LogP contribution in [-0.4, -0.2) is 77.1 Å². The molecule has 2 atom stereocenters. The molecule has 0 N–H and O–H groups in total. The van der Waals surface area contributed by atoms with Crippen LogP contribution in [-0.2, 0) is 24.3 Å².